The van der Waals surface area contributed by atoms with Gasteiger partial charge in [0.15, 0.2) is 0 Å². The topological polar surface area (TPSA) is 29.3 Å². The van der Waals surface area contributed by atoms with Crippen LogP contribution in [-0.4, -0.2) is 35.7 Å². The van der Waals surface area contributed by atoms with Crippen LogP contribution >= 0.6 is 0 Å². The molecule has 17 heavy (non-hydrogen) atoms. The summed E-state index contributed by atoms with van der Waals surface area (Å²) in [5.74, 6) is 0. The van der Waals surface area contributed by atoms with E-state index in [1.165, 1.54) is 0 Å². The molecule has 104 valence electrons. The van der Waals surface area contributed by atoms with Crippen molar-refractivity contribution in [1.29, 1.82) is 0 Å². The first-order valence-electron chi connectivity index (χ1n) is 6.20. The minimum absolute atomic E-state index is 0.139. The van der Waals surface area contributed by atoms with Gasteiger partial charge in [-0.1, -0.05) is 6.92 Å². The average molecular weight is 254 g/mol. The fraction of sp³-hybridized carbons (Fsp3) is 1.00. The van der Waals surface area contributed by atoms with Gasteiger partial charge in [0.25, 0.3) is 0 Å². The summed E-state index contributed by atoms with van der Waals surface area (Å²) in [5, 5.41) is 0. The number of rotatable bonds is 7. The molecule has 0 bridgehead atoms. The minimum atomic E-state index is -4.07. The molecule has 1 atom stereocenters. The molecule has 0 aromatic rings. The van der Waals surface area contributed by atoms with Crippen LogP contribution in [-0.2, 0) is 0 Å². The molecule has 2 N–H and O–H groups in total. The average Bonchev–Trinajstić information content (AvgIpc) is 2.16. The zero-order chi connectivity index (χ0) is 13.7. The lowest BCUT2D eigenvalue weighted by atomic mass is 9.91. The third-order valence-electron chi connectivity index (χ3n) is 3.27. The third kappa shape index (κ3) is 5.73. The van der Waals surface area contributed by atoms with Gasteiger partial charge in [0.1, 0.15) is 0 Å². The maximum absolute atomic E-state index is 12.1. The second-order valence-corrected chi connectivity index (χ2v) is 5.05. The van der Waals surface area contributed by atoms with Crippen molar-refractivity contribution in [2.45, 2.75) is 64.7 Å². The Labute approximate surface area is 102 Å². The summed E-state index contributed by atoms with van der Waals surface area (Å²) in [6.45, 7) is 9.24. The van der Waals surface area contributed by atoms with E-state index in [2.05, 4.69) is 4.90 Å². The number of likely N-dealkylation sites (N-methyl/N-ethyl adjacent to an activating group) is 1. The van der Waals surface area contributed by atoms with E-state index in [4.69, 9.17) is 5.73 Å². The van der Waals surface area contributed by atoms with E-state index in [1.807, 2.05) is 27.7 Å². The van der Waals surface area contributed by atoms with Gasteiger partial charge in [0.05, 0.1) is 0 Å². The molecule has 1 unspecified atom stereocenters. The second-order valence-electron chi connectivity index (χ2n) is 5.05. The summed E-state index contributed by atoms with van der Waals surface area (Å²) in [7, 11) is 0. The molecule has 2 nitrogen and oxygen atoms in total. The monoisotopic (exact) mass is 254 g/mol. The number of hydrogen-bond acceptors (Lipinski definition) is 2. The van der Waals surface area contributed by atoms with Crippen LogP contribution in [0, 0.1) is 0 Å². The number of hydrogen-bond donors (Lipinski definition) is 1. The van der Waals surface area contributed by atoms with Gasteiger partial charge in [0, 0.05) is 24.5 Å². The highest BCUT2D eigenvalue weighted by Crippen LogP contribution is 2.28. The largest absolute Gasteiger partial charge is 0.389 e. The second kappa shape index (κ2) is 6.59. The first kappa shape index (κ1) is 16.7. The fourth-order valence-electron chi connectivity index (χ4n) is 2.40. The maximum atomic E-state index is 12.1. The smallest absolute Gasteiger partial charge is 0.329 e. The summed E-state index contributed by atoms with van der Waals surface area (Å²) >= 11 is 0. The highest BCUT2D eigenvalue weighted by molar-refractivity contribution is 4.88. The zero-order valence-corrected chi connectivity index (χ0v) is 11.3. The normalized spacial score (nSPS) is 16.6. The Morgan fingerprint density at radius 1 is 1.18 bits per heavy atom. The molecular formula is C12H25F3N2. The van der Waals surface area contributed by atoms with Crippen LogP contribution < -0.4 is 5.73 Å². The molecule has 0 aliphatic carbocycles. The molecule has 0 heterocycles. The Hall–Kier alpha value is -0.290. The van der Waals surface area contributed by atoms with E-state index in [0.29, 0.717) is 19.0 Å². The van der Waals surface area contributed by atoms with Crippen molar-refractivity contribution >= 4 is 0 Å². The molecule has 0 amide bonds. The number of alkyl halides is 3. The van der Waals surface area contributed by atoms with E-state index in [1.54, 1.807) is 0 Å². The van der Waals surface area contributed by atoms with Crippen molar-refractivity contribution < 1.29 is 13.2 Å². The minimum Gasteiger partial charge on any atom is -0.329 e. The summed E-state index contributed by atoms with van der Waals surface area (Å²) in [6, 6.07) is 0.291. The Kier molecular flexibility index (Phi) is 6.48. The SMILES string of the molecule is CCN(C(C)C)C(C)(CN)CCCC(F)(F)F. The van der Waals surface area contributed by atoms with Crippen LogP contribution in [0.1, 0.15) is 47.0 Å². The molecule has 0 fully saturated rings. The quantitative estimate of drug-likeness (QED) is 0.756. The van der Waals surface area contributed by atoms with Crippen LogP contribution in [0.25, 0.3) is 0 Å². The summed E-state index contributed by atoms with van der Waals surface area (Å²) < 4.78 is 36.4. The van der Waals surface area contributed by atoms with Gasteiger partial charge >= 0.3 is 6.18 Å². The molecule has 0 aromatic heterocycles. The van der Waals surface area contributed by atoms with Gasteiger partial charge in [0.2, 0.25) is 0 Å². The molecule has 0 aliphatic rings. The predicted octanol–water partition coefficient (Wildman–Crippen LogP) is 3.17. The zero-order valence-electron chi connectivity index (χ0n) is 11.3. The lowest BCUT2D eigenvalue weighted by Gasteiger charge is -2.43. The predicted molar refractivity (Wildman–Crippen MR) is 64.9 cm³/mol. The summed E-state index contributed by atoms with van der Waals surface area (Å²) in [5.41, 5.74) is 5.41. The van der Waals surface area contributed by atoms with Crippen molar-refractivity contribution in [3.63, 3.8) is 0 Å². The first-order chi connectivity index (χ1) is 7.66. The van der Waals surface area contributed by atoms with Crippen molar-refractivity contribution in [2.24, 2.45) is 5.73 Å². The summed E-state index contributed by atoms with van der Waals surface area (Å²) in [4.78, 5) is 2.17. The highest BCUT2D eigenvalue weighted by Gasteiger charge is 2.33. The van der Waals surface area contributed by atoms with Gasteiger partial charge in [-0.2, -0.15) is 13.2 Å². The molecule has 5 heteroatoms. The molecule has 0 radical (unpaired) electrons. The Morgan fingerprint density at radius 3 is 2.00 bits per heavy atom. The van der Waals surface area contributed by atoms with Crippen molar-refractivity contribution in [3.05, 3.63) is 0 Å². The highest BCUT2D eigenvalue weighted by atomic mass is 19.4. The molecule has 0 rings (SSSR count). The maximum Gasteiger partial charge on any atom is 0.389 e. The van der Waals surface area contributed by atoms with Crippen LogP contribution in [0.2, 0.25) is 0 Å². The fourth-order valence-corrected chi connectivity index (χ4v) is 2.40. The van der Waals surface area contributed by atoms with Gasteiger partial charge in [-0.3, -0.25) is 4.90 Å². The molecule has 0 saturated heterocycles. The number of nitrogens with zero attached hydrogens (tertiary/aromatic N) is 1. The van der Waals surface area contributed by atoms with E-state index < -0.39 is 12.6 Å². The third-order valence-corrected chi connectivity index (χ3v) is 3.27. The van der Waals surface area contributed by atoms with Gasteiger partial charge in [-0.15, -0.1) is 0 Å². The van der Waals surface area contributed by atoms with Crippen molar-refractivity contribution in [1.82, 2.24) is 4.90 Å². The van der Waals surface area contributed by atoms with Gasteiger partial charge in [-0.25, -0.2) is 0 Å². The number of halogens is 3. The van der Waals surface area contributed by atoms with Crippen LogP contribution in [0.15, 0.2) is 0 Å². The molecule has 0 aromatic carbocycles. The van der Waals surface area contributed by atoms with E-state index >= 15 is 0 Å². The Bertz CT molecular complexity index is 216. The van der Waals surface area contributed by atoms with E-state index in [9.17, 15) is 13.2 Å². The van der Waals surface area contributed by atoms with Crippen molar-refractivity contribution in [2.75, 3.05) is 13.1 Å². The van der Waals surface area contributed by atoms with Crippen molar-refractivity contribution in [3.8, 4) is 0 Å². The van der Waals surface area contributed by atoms with E-state index in [-0.39, 0.29) is 12.0 Å². The number of nitrogens with two attached hydrogens (primary N) is 1. The van der Waals surface area contributed by atoms with Crippen LogP contribution in [0.5, 0.6) is 0 Å². The Morgan fingerprint density at radius 2 is 1.71 bits per heavy atom. The van der Waals surface area contributed by atoms with Gasteiger partial charge < -0.3 is 5.73 Å². The lowest BCUT2D eigenvalue weighted by molar-refractivity contribution is -0.137. The van der Waals surface area contributed by atoms with Gasteiger partial charge in [-0.05, 0) is 40.2 Å². The lowest BCUT2D eigenvalue weighted by Crippen LogP contribution is -2.54. The Balaban J connectivity index is 4.46. The first-order valence-corrected chi connectivity index (χ1v) is 6.20. The summed E-state index contributed by atoms with van der Waals surface area (Å²) in [6.07, 6.45) is -4.17. The molecular weight excluding hydrogens is 229 g/mol. The molecule has 0 saturated carbocycles. The van der Waals surface area contributed by atoms with Crippen LogP contribution in [0.3, 0.4) is 0 Å². The molecule has 0 aliphatic heterocycles. The van der Waals surface area contributed by atoms with Crippen LogP contribution in [0.4, 0.5) is 13.2 Å². The molecule has 0 spiro atoms. The standard InChI is InChI=1S/C12H25F3N2/c1-5-17(10(2)3)11(4,9-16)7-6-8-12(13,14)15/h10H,5-9,16H2,1-4H3. The van der Waals surface area contributed by atoms with E-state index in [0.717, 1.165) is 6.54 Å².